The molecule has 0 aliphatic rings. The van der Waals surface area contributed by atoms with Crippen molar-refractivity contribution in [1.82, 2.24) is 0 Å². The lowest BCUT2D eigenvalue weighted by Crippen LogP contribution is -2.12. The van der Waals surface area contributed by atoms with Gasteiger partial charge in [-0.2, -0.15) is 0 Å². The zero-order valence-electron chi connectivity index (χ0n) is 17.1. The Morgan fingerprint density at radius 1 is 0.969 bits per heavy atom. The van der Waals surface area contributed by atoms with Crippen LogP contribution in [0.25, 0.3) is 22.3 Å². The Labute approximate surface area is 182 Å². The van der Waals surface area contributed by atoms with Gasteiger partial charge < -0.3 is 24.5 Å². The minimum atomic E-state index is -0.827. The largest absolute Gasteiger partial charge is 0.508 e. The average molecular weight is 432 g/mol. The molecule has 0 spiro atoms. The number of fused-ring (bicyclic) bond motifs is 1. The normalized spacial score (nSPS) is 11.9. The molecule has 0 bridgehead atoms. The van der Waals surface area contributed by atoms with Crippen LogP contribution in [0.4, 0.5) is 0 Å². The lowest BCUT2D eigenvalue weighted by atomic mass is 9.86. The maximum Gasteiger partial charge on any atom is 0.306 e. The van der Waals surface area contributed by atoms with Crippen LogP contribution >= 0.6 is 0 Å². The topological polar surface area (TPSA) is 117 Å². The zero-order chi connectivity index (χ0) is 22.8. The van der Waals surface area contributed by atoms with Gasteiger partial charge in [0.25, 0.3) is 0 Å². The lowest BCUT2D eigenvalue weighted by molar-refractivity contribution is -0.140. The van der Waals surface area contributed by atoms with E-state index >= 15 is 0 Å². The van der Waals surface area contributed by atoms with Crippen LogP contribution in [0.3, 0.4) is 0 Å². The molecule has 1 heterocycles. The number of esters is 1. The van der Waals surface area contributed by atoms with Gasteiger partial charge in [0.2, 0.25) is 0 Å². The number of phenols is 3. The summed E-state index contributed by atoms with van der Waals surface area (Å²) in [5, 5.41) is 31.0. The molecule has 0 saturated carbocycles. The van der Waals surface area contributed by atoms with Crippen LogP contribution in [-0.4, -0.2) is 28.4 Å². The number of aromatic hydroxyl groups is 3. The lowest BCUT2D eigenvalue weighted by Gasteiger charge is -2.20. The highest BCUT2D eigenvalue weighted by Gasteiger charge is 2.28. The third-order valence-electron chi connectivity index (χ3n) is 5.28. The van der Waals surface area contributed by atoms with E-state index in [1.807, 2.05) is 6.07 Å². The van der Waals surface area contributed by atoms with Crippen molar-refractivity contribution in [3.8, 4) is 28.6 Å². The Kier molecular flexibility index (Phi) is 5.55. The van der Waals surface area contributed by atoms with Crippen molar-refractivity contribution in [2.24, 2.45) is 0 Å². The van der Waals surface area contributed by atoms with Crippen molar-refractivity contribution in [2.75, 3.05) is 7.11 Å². The minimum absolute atomic E-state index is 0.0358. The van der Waals surface area contributed by atoms with Crippen molar-refractivity contribution in [1.29, 1.82) is 0 Å². The molecule has 4 rings (SSSR count). The summed E-state index contributed by atoms with van der Waals surface area (Å²) in [5.41, 5.74) is 0.693. The third-order valence-corrected chi connectivity index (χ3v) is 5.28. The standard InChI is InChI=1S/C25H20O7/c1-31-22(30)11-17(15-8-5-9-16(26)10-15)23-18(27)12-19(28)24-20(29)13-21(32-25(23)24)14-6-3-2-4-7-14/h2-10,12-13,17,26-28H,11H2,1H3/t17-/m1/s1. The van der Waals surface area contributed by atoms with Crippen LogP contribution in [0, 0.1) is 0 Å². The summed E-state index contributed by atoms with van der Waals surface area (Å²) < 4.78 is 10.9. The van der Waals surface area contributed by atoms with Gasteiger partial charge >= 0.3 is 5.97 Å². The number of phenolic OH excluding ortho intramolecular Hbond substituents is 3. The quantitative estimate of drug-likeness (QED) is 0.403. The highest BCUT2D eigenvalue weighted by molar-refractivity contribution is 5.90. The zero-order valence-corrected chi connectivity index (χ0v) is 17.1. The van der Waals surface area contributed by atoms with E-state index < -0.39 is 23.1 Å². The molecule has 1 atom stereocenters. The molecule has 162 valence electrons. The number of hydrogen-bond donors (Lipinski definition) is 3. The number of methoxy groups -OCH3 is 1. The van der Waals surface area contributed by atoms with Crippen LogP contribution in [0.15, 0.2) is 75.9 Å². The summed E-state index contributed by atoms with van der Waals surface area (Å²) in [4.78, 5) is 25.1. The Bertz CT molecular complexity index is 1360. The van der Waals surface area contributed by atoms with Gasteiger partial charge in [-0.15, -0.1) is 0 Å². The summed E-state index contributed by atoms with van der Waals surface area (Å²) in [6, 6.07) is 17.4. The van der Waals surface area contributed by atoms with Crippen LogP contribution < -0.4 is 5.43 Å². The summed E-state index contributed by atoms with van der Waals surface area (Å²) >= 11 is 0. The van der Waals surface area contributed by atoms with Crippen molar-refractivity contribution in [2.45, 2.75) is 12.3 Å². The highest BCUT2D eigenvalue weighted by Crippen LogP contribution is 2.43. The van der Waals surface area contributed by atoms with E-state index in [1.165, 1.54) is 25.3 Å². The maximum absolute atomic E-state index is 12.9. The number of ether oxygens (including phenoxy) is 1. The number of hydrogen-bond acceptors (Lipinski definition) is 7. The number of carbonyl (C=O) groups is 1. The smallest absolute Gasteiger partial charge is 0.306 e. The third kappa shape index (κ3) is 3.88. The molecule has 32 heavy (non-hydrogen) atoms. The van der Waals surface area contributed by atoms with Gasteiger partial charge in [0.15, 0.2) is 5.43 Å². The molecule has 4 aromatic rings. The summed E-state index contributed by atoms with van der Waals surface area (Å²) in [6.45, 7) is 0. The van der Waals surface area contributed by atoms with Gasteiger partial charge in [-0.05, 0) is 17.7 Å². The average Bonchev–Trinajstić information content (AvgIpc) is 2.78. The van der Waals surface area contributed by atoms with Gasteiger partial charge in [-0.3, -0.25) is 9.59 Å². The molecular weight excluding hydrogens is 412 g/mol. The van der Waals surface area contributed by atoms with Gasteiger partial charge in [-0.25, -0.2) is 0 Å². The molecule has 3 N–H and O–H groups in total. The Balaban J connectivity index is 2.05. The molecule has 7 nitrogen and oxygen atoms in total. The monoisotopic (exact) mass is 432 g/mol. The maximum atomic E-state index is 12.9. The molecule has 0 amide bonds. The van der Waals surface area contributed by atoms with Crippen molar-refractivity contribution >= 4 is 16.9 Å². The van der Waals surface area contributed by atoms with Gasteiger partial charge in [0, 0.05) is 29.2 Å². The second kappa shape index (κ2) is 8.47. The van der Waals surface area contributed by atoms with E-state index in [0.717, 1.165) is 6.07 Å². The van der Waals surface area contributed by atoms with Crippen molar-refractivity contribution in [3.63, 3.8) is 0 Å². The highest BCUT2D eigenvalue weighted by atomic mass is 16.5. The molecule has 0 aliphatic heterocycles. The second-order valence-corrected chi connectivity index (χ2v) is 7.30. The van der Waals surface area contributed by atoms with Gasteiger partial charge in [0.05, 0.1) is 13.5 Å². The molecule has 0 radical (unpaired) electrons. The minimum Gasteiger partial charge on any atom is -0.508 e. The first-order valence-electron chi connectivity index (χ1n) is 9.83. The van der Waals surface area contributed by atoms with E-state index in [-0.39, 0.29) is 40.2 Å². The van der Waals surface area contributed by atoms with Crippen LogP contribution in [0.1, 0.15) is 23.5 Å². The van der Waals surface area contributed by atoms with E-state index in [2.05, 4.69) is 0 Å². The van der Waals surface area contributed by atoms with Gasteiger partial charge in [0.1, 0.15) is 34.0 Å². The molecule has 0 fully saturated rings. The van der Waals surface area contributed by atoms with Crippen LogP contribution in [0.5, 0.6) is 17.2 Å². The van der Waals surface area contributed by atoms with Crippen LogP contribution in [-0.2, 0) is 9.53 Å². The Hall–Kier alpha value is -4.26. The van der Waals surface area contributed by atoms with Crippen molar-refractivity contribution in [3.05, 3.63) is 88.1 Å². The first-order valence-corrected chi connectivity index (χ1v) is 9.83. The molecule has 7 heteroatoms. The van der Waals surface area contributed by atoms with Crippen LogP contribution in [0.2, 0.25) is 0 Å². The predicted molar refractivity (Wildman–Crippen MR) is 118 cm³/mol. The van der Waals surface area contributed by atoms with E-state index in [1.54, 1.807) is 36.4 Å². The molecule has 3 aromatic carbocycles. The van der Waals surface area contributed by atoms with Gasteiger partial charge in [-0.1, -0.05) is 42.5 Å². The fraction of sp³-hybridized carbons (Fsp3) is 0.120. The van der Waals surface area contributed by atoms with Crippen molar-refractivity contribution < 1.29 is 29.3 Å². The molecular formula is C25H20O7. The summed E-state index contributed by atoms with van der Waals surface area (Å²) in [6.07, 6.45) is -0.202. The van der Waals surface area contributed by atoms with E-state index in [0.29, 0.717) is 11.1 Å². The van der Waals surface area contributed by atoms with E-state index in [4.69, 9.17) is 9.15 Å². The molecule has 1 aromatic heterocycles. The fourth-order valence-electron chi connectivity index (χ4n) is 3.78. The second-order valence-electron chi connectivity index (χ2n) is 7.30. The fourth-order valence-corrected chi connectivity index (χ4v) is 3.78. The Morgan fingerprint density at radius 3 is 2.41 bits per heavy atom. The number of benzene rings is 3. The first-order chi connectivity index (χ1) is 15.4. The number of carbonyl (C=O) groups excluding carboxylic acids is 1. The molecule has 0 aliphatic carbocycles. The SMILES string of the molecule is COC(=O)C[C@H](c1cccc(O)c1)c1c(O)cc(O)c2c(=O)cc(-c3ccccc3)oc12. The molecule has 0 saturated heterocycles. The first kappa shape index (κ1) is 21.0. The summed E-state index contributed by atoms with van der Waals surface area (Å²) in [5.74, 6) is -2.00. The number of rotatable bonds is 5. The predicted octanol–water partition coefficient (Wildman–Crippen LogP) is 4.27. The molecule has 0 unspecified atom stereocenters. The summed E-state index contributed by atoms with van der Waals surface area (Å²) in [7, 11) is 1.24. The Morgan fingerprint density at radius 2 is 1.72 bits per heavy atom. The van der Waals surface area contributed by atoms with E-state index in [9.17, 15) is 24.9 Å².